The number of carbonyl (C=O) groups excluding carboxylic acids is 2. The van der Waals surface area contributed by atoms with Crippen LogP contribution in [0.1, 0.15) is 40.5 Å². The van der Waals surface area contributed by atoms with Crippen molar-refractivity contribution < 1.29 is 9.59 Å². The average Bonchev–Trinajstić information content (AvgIpc) is 2.58. The van der Waals surface area contributed by atoms with Gasteiger partial charge in [-0.05, 0) is 48.2 Å². The van der Waals surface area contributed by atoms with E-state index in [4.69, 9.17) is 11.6 Å². The van der Waals surface area contributed by atoms with E-state index in [0.717, 1.165) is 10.6 Å². The van der Waals surface area contributed by atoms with Gasteiger partial charge < -0.3 is 10.6 Å². The molecular formula is C22H27ClN2O2S. The van der Waals surface area contributed by atoms with Gasteiger partial charge in [0.15, 0.2) is 0 Å². The fourth-order valence-corrected chi connectivity index (χ4v) is 3.81. The Balaban J connectivity index is 2.02. The number of rotatable bonds is 7. The first-order valence-corrected chi connectivity index (χ1v) is 10.5. The quantitative estimate of drug-likeness (QED) is 0.524. The van der Waals surface area contributed by atoms with E-state index in [1.807, 2.05) is 58.0 Å². The first-order valence-electron chi connectivity index (χ1n) is 9.29. The molecule has 0 aromatic heterocycles. The Morgan fingerprint density at radius 2 is 1.68 bits per heavy atom. The second-order valence-electron chi connectivity index (χ2n) is 7.83. The van der Waals surface area contributed by atoms with E-state index in [-0.39, 0.29) is 22.5 Å². The fraction of sp³-hybridized carbons (Fsp3) is 0.364. The number of nitrogens with one attached hydrogen (secondary N) is 2. The zero-order chi connectivity index (χ0) is 20.7. The van der Waals surface area contributed by atoms with E-state index < -0.39 is 0 Å². The van der Waals surface area contributed by atoms with Gasteiger partial charge in [-0.1, -0.05) is 51.4 Å². The highest BCUT2D eigenvalue weighted by Crippen LogP contribution is 2.29. The molecule has 2 amide bonds. The maximum absolute atomic E-state index is 12.6. The van der Waals surface area contributed by atoms with Crippen LogP contribution in [0, 0.1) is 5.41 Å². The molecule has 0 saturated carbocycles. The van der Waals surface area contributed by atoms with Crippen LogP contribution in [0.4, 0.5) is 11.4 Å². The smallest absolute Gasteiger partial charge is 0.237 e. The predicted octanol–water partition coefficient (Wildman–Crippen LogP) is 6.22. The molecule has 6 heteroatoms. The highest BCUT2D eigenvalue weighted by atomic mass is 35.5. The van der Waals surface area contributed by atoms with Gasteiger partial charge in [-0.15, -0.1) is 11.8 Å². The maximum atomic E-state index is 12.6. The lowest BCUT2D eigenvalue weighted by Crippen LogP contribution is -2.24. The average molecular weight is 419 g/mol. The van der Waals surface area contributed by atoms with E-state index in [1.54, 1.807) is 18.2 Å². The monoisotopic (exact) mass is 418 g/mol. The van der Waals surface area contributed by atoms with Gasteiger partial charge in [0.1, 0.15) is 0 Å². The van der Waals surface area contributed by atoms with Crippen LogP contribution in [0.15, 0.2) is 53.4 Å². The van der Waals surface area contributed by atoms with Crippen molar-refractivity contribution in [3.05, 3.63) is 53.6 Å². The van der Waals surface area contributed by atoms with Crippen molar-refractivity contribution in [1.82, 2.24) is 0 Å². The van der Waals surface area contributed by atoms with Gasteiger partial charge in [0.25, 0.3) is 0 Å². The van der Waals surface area contributed by atoms with Crippen LogP contribution >= 0.6 is 23.4 Å². The largest absolute Gasteiger partial charge is 0.326 e. The third-order valence-corrected chi connectivity index (χ3v) is 5.44. The summed E-state index contributed by atoms with van der Waals surface area (Å²) in [5, 5.41) is 6.18. The number of halogens is 1. The summed E-state index contributed by atoms with van der Waals surface area (Å²) in [6, 6.07) is 14.7. The summed E-state index contributed by atoms with van der Waals surface area (Å²) < 4.78 is 0. The van der Waals surface area contributed by atoms with Crippen molar-refractivity contribution in [2.45, 2.75) is 50.7 Å². The SMILES string of the molecule is CCC(Sc1cccc(NC(=O)CC(C)(C)C)c1)C(=O)Nc1cccc(Cl)c1. The zero-order valence-electron chi connectivity index (χ0n) is 16.7. The Morgan fingerprint density at radius 3 is 2.29 bits per heavy atom. The number of amides is 2. The Kier molecular flexibility index (Phi) is 7.96. The lowest BCUT2D eigenvalue weighted by Gasteiger charge is -2.18. The van der Waals surface area contributed by atoms with Crippen molar-refractivity contribution in [2.24, 2.45) is 5.41 Å². The molecule has 2 rings (SSSR count). The molecule has 2 aromatic rings. The first kappa shape index (κ1) is 22.3. The van der Waals surface area contributed by atoms with E-state index >= 15 is 0 Å². The zero-order valence-corrected chi connectivity index (χ0v) is 18.3. The second-order valence-corrected chi connectivity index (χ2v) is 9.54. The Labute approximate surface area is 176 Å². The van der Waals surface area contributed by atoms with E-state index in [0.29, 0.717) is 23.6 Å². The molecule has 28 heavy (non-hydrogen) atoms. The molecule has 4 nitrogen and oxygen atoms in total. The minimum absolute atomic E-state index is 0.0135. The first-order chi connectivity index (χ1) is 13.2. The van der Waals surface area contributed by atoms with Gasteiger partial charge in [0.05, 0.1) is 5.25 Å². The summed E-state index contributed by atoms with van der Waals surface area (Å²) in [6.45, 7) is 8.07. The molecule has 150 valence electrons. The summed E-state index contributed by atoms with van der Waals surface area (Å²) >= 11 is 7.46. The number of hydrogen-bond donors (Lipinski definition) is 2. The van der Waals surface area contributed by atoms with Crippen molar-refractivity contribution >= 4 is 46.6 Å². The molecule has 0 heterocycles. The van der Waals surface area contributed by atoms with Crippen LogP contribution < -0.4 is 10.6 Å². The van der Waals surface area contributed by atoms with Crippen LogP contribution in [0.3, 0.4) is 0 Å². The van der Waals surface area contributed by atoms with Gasteiger partial charge in [0.2, 0.25) is 11.8 Å². The van der Waals surface area contributed by atoms with Crippen molar-refractivity contribution in [1.29, 1.82) is 0 Å². The van der Waals surface area contributed by atoms with Crippen LogP contribution in [-0.2, 0) is 9.59 Å². The second kappa shape index (κ2) is 9.99. The number of anilines is 2. The lowest BCUT2D eigenvalue weighted by molar-refractivity contribution is -0.118. The van der Waals surface area contributed by atoms with Crippen LogP contribution in [-0.4, -0.2) is 17.1 Å². The summed E-state index contributed by atoms with van der Waals surface area (Å²) in [4.78, 5) is 25.7. The number of benzene rings is 2. The molecule has 0 fully saturated rings. The summed E-state index contributed by atoms with van der Waals surface area (Å²) in [5.41, 5.74) is 1.35. The maximum Gasteiger partial charge on any atom is 0.237 e. The van der Waals surface area contributed by atoms with E-state index in [1.165, 1.54) is 11.8 Å². The molecule has 2 N–H and O–H groups in total. The standard InChI is InChI=1S/C22H27ClN2O2S/c1-5-19(21(27)25-16-9-6-8-15(23)12-16)28-18-11-7-10-17(13-18)24-20(26)14-22(2,3)4/h6-13,19H,5,14H2,1-4H3,(H,24,26)(H,25,27). The van der Waals surface area contributed by atoms with Gasteiger partial charge in [0, 0.05) is 27.7 Å². The van der Waals surface area contributed by atoms with Crippen molar-refractivity contribution in [3.8, 4) is 0 Å². The molecule has 0 aliphatic carbocycles. The van der Waals surface area contributed by atoms with Crippen LogP contribution in [0.5, 0.6) is 0 Å². The molecular weight excluding hydrogens is 392 g/mol. The molecule has 2 aromatic carbocycles. The van der Waals surface area contributed by atoms with E-state index in [9.17, 15) is 9.59 Å². The molecule has 0 aliphatic rings. The van der Waals surface area contributed by atoms with Gasteiger partial charge in [-0.3, -0.25) is 9.59 Å². The number of thioether (sulfide) groups is 1. The minimum Gasteiger partial charge on any atom is -0.326 e. The fourth-order valence-electron chi connectivity index (χ4n) is 2.61. The molecule has 0 radical (unpaired) electrons. The number of hydrogen-bond acceptors (Lipinski definition) is 3. The van der Waals surface area contributed by atoms with Gasteiger partial charge in [-0.2, -0.15) is 0 Å². The predicted molar refractivity (Wildman–Crippen MR) is 119 cm³/mol. The summed E-state index contributed by atoms with van der Waals surface area (Å²) in [6.07, 6.45) is 1.13. The normalized spacial score (nSPS) is 12.3. The third-order valence-electron chi connectivity index (χ3n) is 3.84. The van der Waals surface area contributed by atoms with Crippen LogP contribution in [0.25, 0.3) is 0 Å². The Bertz CT molecular complexity index is 833. The van der Waals surface area contributed by atoms with Gasteiger partial charge in [-0.25, -0.2) is 0 Å². The molecule has 0 saturated heterocycles. The summed E-state index contributed by atoms with van der Waals surface area (Å²) in [5.74, 6) is -0.0858. The Hall–Kier alpha value is -1.98. The highest BCUT2D eigenvalue weighted by molar-refractivity contribution is 8.00. The molecule has 1 atom stereocenters. The van der Waals surface area contributed by atoms with Crippen molar-refractivity contribution in [2.75, 3.05) is 10.6 Å². The number of carbonyl (C=O) groups is 2. The van der Waals surface area contributed by atoms with Gasteiger partial charge >= 0.3 is 0 Å². The van der Waals surface area contributed by atoms with Crippen LogP contribution in [0.2, 0.25) is 5.02 Å². The highest BCUT2D eigenvalue weighted by Gasteiger charge is 2.19. The molecule has 0 aliphatic heterocycles. The molecule has 0 spiro atoms. The summed E-state index contributed by atoms with van der Waals surface area (Å²) in [7, 11) is 0. The third kappa shape index (κ3) is 7.56. The topological polar surface area (TPSA) is 58.2 Å². The minimum atomic E-state index is -0.250. The van der Waals surface area contributed by atoms with Crippen molar-refractivity contribution in [3.63, 3.8) is 0 Å². The lowest BCUT2D eigenvalue weighted by atomic mass is 9.92. The Morgan fingerprint density at radius 1 is 1.04 bits per heavy atom. The molecule has 1 unspecified atom stereocenters. The molecule has 0 bridgehead atoms. The van der Waals surface area contributed by atoms with E-state index in [2.05, 4.69) is 10.6 Å².